The molecule has 6 heteroatoms. The second-order valence-electron chi connectivity index (χ2n) is 4.34. The molecule has 0 bridgehead atoms. The van der Waals surface area contributed by atoms with Crippen LogP contribution < -0.4 is 5.32 Å². The standard InChI is InChI=1S/C13H13F2N3O/c1-6-4-9(11(15)5-10(6)14)13(19)16-12-7(2)17-18-8(12)3/h4-5H,1-3H3,(H,16,19)(H,17,18). The van der Waals surface area contributed by atoms with E-state index in [9.17, 15) is 13.6 Å². The Hall–Kier alpha value is -2.24. The lowest BCUT2D eigenvalue weighted by atomic mass is 10.1. The van der Waals surface area contributed by atoms with Gasteiger partial charge in [-0.2, -0.15) is 5.10 Å². The number of aromatic nitrogens is 2. The van der Waals surface area contributed by atoms with Crippen molar-refractivity contribution < 1.29 is 13.6 Å². The van der Waals surface area contributed by atoms with Gasteiger partial charge in [-0.15, -0.1) is 0 Å². The highest BCUT2D eigenvalue weighted by Gasteiger charge is 2.17. The van der Waals surface area contributed by atoms with E-state index in [4.69, 9.17) is 0 Å². The predicted molar refractivity (Wildman–Crippen MR) is 67.1 cm³/mol. The quantitative estimate of drug-likeness (QED) is 0.877. The van der Waals surface area contributed by atoms with Gasteiger partial charge in [0.2, 0.25) is 0 Å². The molecule has 1 aromatic carbocycles. The average Bonchev–Trinajstić information content (AvgIpc) is 2.65. The number of carbonyl (C=O) groups is 1. The Morgan fingerprint density at radius 1 is 1.21 bits per heavy atom. The Morgan fingerprint density at radius 2 is 1.89 bits per heavy atom. The molecule has 0 aliphatic rings. The molecule has 19 heavy (non-hydrogen) atoms. The van der Waals surface area contributed by atoms with Crippen molar-refractivity contribution >= 4 is 11.6 Å². The first-order chi connectivity index (χ1) is 8.90. The number of anilines is 1. The van der Waals surface area contributed by atoms with Crippen LogP contribution in [0.25, 0.3) is 0 Å². The van der Waals surface area contributed by atoms with Crippen LogP contribution in [-0.2, 0) is 0 Å². The summed E-state index contributed by atoms with van der Waals surface area (Å²) in [6, 6.07) is 1.89. The summed E-state index contributed by atoms with van der Waals surface area (Å²) >= 11 is 0. The van der Waals surface area contributed by atoms with Crippen molar-refractivity contribution in [1.29, 1.82) is 0 Å². The Balaban J connectivity index is 2.33. The molecule has 0 aliphatic heterocycles. The molecular weight excluding hydrogens is 252 g/mol. The molecule has 100 valence electrons. The second-order valence-corrected chi connectivity index (χ2v) is 4.34. The third-order valence-electron chi connectivity index (χ3n) is 2.86. The van der Waals surface area contributed by atoms with Gasteiger partial charge in [-0.1, -0.05) is 0 Å². The van der Waals surface area contributed by atoms with Crippen LogP contribution >= 0.6 is 0 Å². The van der Waals surface area contributed by atoms with Crippen LogP contribution in [0.2, 0.25) is 0 Å². The highest BCUT2D eigenvalue weighted by Crippen LogP contribution is 2.19. The zero-order valence-corrected chi connectivity index (χ0v) is 10.8. The number of carbonyl (C=O) groups excluding carboxylic acids is 1. The molecule has 1 aromatic heterocycles. The van der Waals surface area contributed by atoms with E-state index in [0.717, 1.165) is 0 Å². The van der Waals surface area contributed by atoms with Gasteiger partial charge in [-0.25, -0.2) is 8.78 Å². The summed E-state index contributed by atoms with van der Waals surface area (Å²) in [5.74, 6) is -2.20. The van der Waals surface area contributed by atoms with E-state index in [2.05, 4.69) is 15.5 Å². The van der Waals surface area contributed by atoms with Crippen LogP contribution in [0.5, 0.6) is 0 Å². The van der Waals surface area contributed by atoms with E-state index in [0.29, 0.717) is 23.1 Å². The number of nitrogens with zero attached hydrogens (tertiary/aromatic N) is 1. The summed E-state index contributed by atoms with van der Waals surface area (Å²) in [5.41, 5.74) is 1.80. The molecule has 0 aliphatic carbocycles. The maximum absolute atomic E-state index is 13.6. The molecule has 2 rings (SSSR count). The number of rotatable bonds is 2. The van der Waals surface area contributed by atoms with Gasteiger partial charge in [0.1, 0.15) is 11.6 Å². The summed E-state index contributed by atoms with van der Waals surface area (Å²) in [6.45, 7) is 4.92. The zero-order valence-electron chi connectivity index (χ0n) is 10.8. The molecule has 0 unspecified atom stereocenters. The number of aromatic amines is 1. The first-order valence-electron chi connectivity index (χ1n) is 5.68. The molecule has 0 saturated heterocycles. The minimum atomic E-state index is -0.889. The second kappa shape index (κ2) is 4.79. The number of hydrogen-bond acceptors (Lipinski definition) is 2. The van der Waals surface area contributed by atoms with Crippen LogP contribution in [0.3, 0.4) is 0 Å². The fourth-order valence-corrected chi connectivity index (χ4v) is 1.75. The molecule has 2 aromatic rings. The smallest absolute Gasteiger partial charge is 0.258 e. The fraction of sp³-hybridized carbons (Fsp3) is 0.231. The highest BCUT2D eigenvalue weighted by molar-refractivity contribution is 6.05. The van der Waals surface area contributed by atoms with Crippen LogP contribution in [0.1, 0.15) is 27.3 Å². The molecular formula is C13H13F2N3O. The van der Waals surface area contributed by atoms with E-state index in [-0.39, 0.29) is 11.1 Å². The van der Waals surface area contributed by atoms with Gasteiger partial charge in [0.15, 0.2) is 0 Å². The van der Waals surface area contributed by atoms with E-state index in [1.54, 1.807) is 13.8 Å². The minimum absolute atomic E-state index is 0.195. The average molecular weight is 265 g/mol. The summed E-state index contributed by atoms with van der Waals surface area (Å²) in [7, 11) is 0. The van der Waals surface area contributed by atoms with Crippen molar-refractivity contribution in [2.45, 2.75) is 20.8 Å². The predicted octanol–water partition coefficient (Wildman–Crippen LogP) is 2.87. The van der Waals surface area contributed by atoms with Gasteiger partial charge < -0.3 is 5.32 Å². The molecule has 1 heterocycles. The van der Waals surface area contributed by atoms with E-state index >= 15 is 0 Å². The van der Waals surface area contributed by atoms with Crippen LogP contribution in [0.4, 0.5) is 14.5 Å². The number of aryl methyl sites for hydroxylation is 3. The van der Waals surface area contributed by atoms with Crippen LogP contribution in [0.15, 0.2) is 12.1 Å². The number of amides is 1. The number of halogens is 2. The van der Waals surface area contributed by atoms with Crippen molar-refractivity contribution in [3.8, 4) is 0 Å². The summed E-state index contributed by atoms with van der Waals surface area (Å²) in [5, 5.41) is 9.20. The van der Waals surface area contributed by atoms with Crippen LogP contribution in [0, 0.1) is 32.4 Å². The van der Waals surface area contributed by atoms with Crippen molar-refractivity contribution in [2.24, 2.45) is 0 Å². The van der Waals surface area contributed by atoms with E-state index < -0.39 is 17.5 Å². The monoisotopic (exact) mass is 265 g/mol. The summed E-state index contributed by atoms with van der Waals surface area (Å²) in [4.78, 5) is 12.0. The minimum Gasteiger partial charge on any atom is -0.319 e. The number of H-pyrrole nitrogens is 1. The van der Waals surface area contributed by atoms with Gasteiger partial charge in [0, 0.05) is 6.07 Å². The Morgan fingerprint density at radius 3 is 2.47 bits per heavy atom. The zero-order chi connectivity index (χ0) is 14.2. The first kappa shape index (κ1) is 13.2. The van der Waals surface area contributed by atoms with Crippen molar-refractivity contribution in [1.82, 2.24) is 10.2 Å². The lowest BCUT2D eigenvalue weighted by molar-refractivity contribution is 0.102. The molecule has 0 radical (unpaired) electrons. The lowest BCUT2D eigenvalue weighted by Crippen LogP contribution is -2.15. The fourth-order valence-electron chi connectivity index (χ4n) is 1.75. The normalized spacial score (nSPS) is 10.6. The molecule has 1 amide bonds. The molecule has 0 saturated carbocycles. The Kier molecular flexibility index (Phi) is 3.33. The number of hydrogen-bond donors (Lipinski definition) is 2. The van der Waals surface area contributed by atoms with Gasteiger partial charge in [0.05, 0.1) is 22.6 Å². The third kappa shape index (κ3) is 2.47. The lowest BCUT2D eigenvalue weighted by Gasteiger charge is -2.07. The topological polar surface area (TPSA) is 57.8 Å². The third-order valence-corrected chi connectivity index (χ3v) is 2.86. The molecule has 2 N–H and O–H groups in total. The van der Waals surface area contributed by atoms with Crippen molar-refractivity contribution in [2.75, 3.05) is 5.32 Å². The van der Waals surface area contributed by atoms with Crippen molar-refractivity contribution in [3.05, 3.63) is 46.3 Å². The van der Waals surface area contributed by atoms with Crippen LogP contribution in [-0.4, -0.2) is 16.1 Å². The van der Waals surface area contributed by atoms with E-state index in [1.807, 2.05) is 0 Å². The molecule has 0 atom stereocenters. The van der Waals surface area contributed by atoms with Gasteiger partial charge in [-0.05, 0) is 32.4 Å². The molecule has 0 spiro atoms. The SMILES string of the molecule is Cc1cc(C(=O)Nc2c(C)n[nH]c2C)c(F)cc1F. The van der Waals surface area contributed by atoms with E-state index in [1.165, 1.54) is 13.0 Å². The highest BCUT2D eigenvalue weighted by atomic mass is 19.1. The Labute approximate surface area is 108 Å². The number of benzene rings is 1. The maximum atomic E-state index is 13.6. The van der Waals surface area contributed by atoms with Gasteiger partial charge in [-0.3, -0.25) is 9.89 Å². The Bertz CT molecular complexity index is 630. The van der Waals surface area contributed by atoms with Gasteiger partial charge >= 0.3 is 0 Å². The first-order valence-corrected chi connectivity index (χ1v) is 5.68. The summed E-state index contributed by atoms with van der Waals surface area (Å²) in [6.07, 6.45) is 0. The van der Waals surface area contributed by atoms with Gasteiger partial charge in [0.25, 0.3) is 5.91 Å². The largest absolute Gasteiger partial charge is 0.319 e. The maximum Gasteiger partial charge on any atom is 0.258 e. The molecule has 4 nitrogen and oxygen atoms in total. The molecule has 0 fully saturated rings. The van der Waals surface area contributed by atoms with Crippen molar-refractivity contribution in [3.63, 3.8) is 0 Å². The number of nitrogens with one attached hydrogen (secondary N) is 2. The summed E-state index contributed by atoms with van der Waals surface area (Å²) < 4.78 is 26.7.